The molecule has 166 valence electrons. The molecular weight excluding hydrogens is 420 g/mol. The fraction of sp³-hybridized carbons (Fsp3) is 0.524. The van der Waals surface area contributed by atoms with Gasteiger partial charge in [-0.25, -0.2) is 17.9 Å². The molecule has 2 amide bonds. The third kappa shape index (κ3) is 3.96. The maximum Gasteiger partial charge on any atom is 0.323 e. The molecule has 2 saturated heterocycles. The lowest BCUT2D eigenvalue weighted by Gasteiger charge is -2.27. The first-order chi connectivity index (χ1) is 14.9. The Balaban J connectivity index is 1.35. The molecule has 0 spiro atoms. The molecule has 3 aliphatic rings. The Kier molecular flexibility index (Phi) is 5.04. The predicted octanol–water partition coefficient (Wildman–Crippen LogP) is 2.69. The van der Waals surface area contributed by atoms with E-state index in [1.165, 1.54) is 0 Å². The summed E-state index contributed by atoms with van der Waals surface area (Å²) in [4.78, 5) is 15.0. The van der Waals surface area contributed by atoms with Crippen LogP contribution in [0.4, 0.5) is 10.6 Å². The summed E-state index contributed by atoms with van der Waals surface area (Å²) in [6, 6.07) is 7.12. The van der Waals surface area contributed by atoms with Crippen LogP contribution in [-0.4, -0.2) is 60.4 Å². The number of rotatable bonds is 3. The molecule has 9 nitrogen and oxygen atoms in total. The second-order valence-electron chi connectivity index (χ2n) is 8.36. The van der Waals surface area contributed by atoms with Gasteiger partial charge < -0.3 is 14.4 Å². The summed E-state index contributed by atoms with van der Waals surface area (Å²) in [5.74, 6) is 2.20. The van der Waals surface area contributed by atoms with Gasteiger partial charge in [-0.15, -0.1) is 0 Å². The number of aromatic nitrogens is 2. The molecule has 31 heavy (non-hydrogen) atoms. The van der Waals surface area contributed by atoms with Gasteiger partial charge in [0.2, 0.25) is 0 Å². The number of hydrogen-bond donors (Lipinski definition) is 1. The van der Waals surface area contributed by atoms with Crippen LogP contribution in [0.2, 0.25) is 0 Å². The lowest BCUT2D eigenvalue weighted by molar-refractivity contribution is 0.170. The number of ether oxygens (including phenoxy) is 2. The molecule has 5 rings (SSSR count). The third-order valence-electron chi connectivity index (χ3n) is 6.11. The van der Waals surface area contributed by atoms with Crippen LogP contribution in [0, 0.1) is 6.92 Å². The van der Waals surface area contributed by atoms with Gasteiger partial charge >= 0.3 is 6.03 Å². The normalized spacial score (nSPS) is 24.4. The highest BCUT2D eigenvalue weighted by Gasteiger charge is 2.34. The molecule has 1 aromatic heterocycles. The average Bonchev–Trinajstić information content (AvgIpc) is 3.46. The first kappa shape index (κ1) is 20.2. The molecule has 2 fully saturated rings. The summed E-state index contributed by atoms with van der Waals surface area (Å²) in [7, 11) is -3.05. The van der Waals surface area contributed by atoms with E-state index in [0.29, 0.717) is 37.7 Å². The van der Waals surface area contributed by atoms with Crippen molar-refractivity contribution in [3.63, 3.8) is 0 Å². The van der Waals surface area contributed by atoms with Gasteiger partial charge in [0.25, 0.3) is 0 Å². The number of nitrogens with one attached hydrogen (secondary N) is 1. The van der Waals surface area contributed by atoms with E-state index in [-0.39, 0.29) is 29.6 Å². The molecule has 1 N–H and O–H groups in total. The molecule has 2 atom stereocenters. The van der Waals surface area contributed by atoms with Crippen LogP contribution in [0.3, 0.4) is 0 Å². The van der Waals surface area contributed by atoms with Crippen LogP contribution in [0.1, 0.15) is 42.6 Å². The number of amides is 2. The Bertz CT molecular complexity index is 1110. The van der Waals surface area contributed by atoms with E-state index >= 15 is 0 Å². The van der Waals surface area contributed by atoms with Gasteiger partial charge in [0.1, 0.15) is 19.0 Å². The Labute approximate surface area is 181 Å². The number of nitrogens with zero attached hydrogens (tertiary/aromatic N) is 3. The SMILES string of the molecule is Cc1cc(NC(=O)N2CCC[C@@H]2c2ccc3c(c2)OCCO3)n([C@@H]2CCS(=O)(=O)C2)n1. The van der Waals surface area contributed by atoms with Crippen molar-refractivity contribution >= 4 is 21.7 Å². The van der Waals surface area contributed by atoms with E-state index in [9.17, 15) is 13.2 Å². The molecule has 1 aromatic carbocycles. The Morgan fingerprint density at radius 1 is 1.16 bits per heavy atom. The number of hydrogen-bond acceptors (Lipinski definition) is 6. The van der Waals surface area contributed by atoms with Gasteiger partial charge in [0.05, 0.1) is 29.3 Å². The predicted molar refractivity (Wildman–Crippen MR) is 114 cm³/mol. The molecular formula is C21H26N4O5S. The van der Waals surface area contributed by atoms with Crippen LogP contribution in [0.25, 0.3) is 0 Å². The van der Waals surface area contributed by atoms with Crippen LogP contribution >= 0.6 is 0 Å². The number of sulfone groups is 1. The highest BCUT2D eigenvalue weighted by atomic mass is 32.2. The van der Waals surface area contributed by atoms with Crippen molar-refractivity contribution in [1.82, 2.24) is 14.7 Å². The third-order valence-corrected chi connectivity index (χ3v) is 7.86. The second kappa shape index (κ2) is 7.74. The van der Waals surface area contributed by atoms with Gasteiger partial charge in [0, 0.05) is 12.6 Å². The lowest BCUT2D eigenvalue weighted by Crippen LogP contribution is -2.35. The molecule has 0 aliphatic carbocycles. The van der Waals surface area contributed by atoms with E-state index in [1.54, 1.807) is 10.7 Å². The van der Waals surface area contributed by atoms with Crippen molar-refractivity contribution in [2.45, 2.75) is 38.3 Å². The Morgan fingerprint density at radius 3 is 2.74 bits per heavy atom. The molecule has 10 heteroatoms. The lowest BCUT2D eigenvalue weighted by atomic mass is 10.0. The Morgan fingerprint density at radius 2 is 1.97 bits per heavy atom. The Hall–Kier alpha value is -2.75. The number of urea groups is 1. The standard InChI is InChI=1S/C21H26N4O5S/c1-14-11-20(25(23-14)16-6-10-31(27,28)13-16)22-21(26)24-7-2-3-17(24)15-4-5-18-19(12-15)30-9-8-29-18/h4-5,11-12,16-17H,2-3,6-10,13H2,1H3,(H,22,26)/t16-,17-/m1/s1. The van der Waals surface area contributed by atoms with Gasteiger partial charge in [-0.3, -0.25) is 5.32 Å². The maximum absolute atomic E-state index is 13.2. The van der Waals surface area contributed by atoms with E-state index in [4.69, 9.17) is 9.47 Å². The summed E-state index contributed by atoms with van der Waals surface area (Å²) in [5.41, 5.74) is 1.76. The van der Waals surface area contributed by atoms with Crippen LogP contribution in [0.5, 0.6) is 11.5 Å². The van der Waals surface area contributed by atoms with Crippen molar-refractivity contribution in [2.24, 2.45) is 0 Å². The maximum atomic E-state index is 13.2. The van der Waals surface area contributed by atoms with E-state index < -0.39 is 9.84 Å². The fourth-order valence-corrected chi connectivity index (χ4v) is 6.35. The number of aryl methyl sites for hydroxylation is 1. The summed E-state index contributed by atoms with van der Waals surface area (Å²) >= 11 is 0. The molecule has 3 aliphatic heterocycles. The molecule has 0 saturated carbocycles. The van der Waals surface area contributed by atoms with Crippen LogP contribution < -0.4 is 14.8 Å². The van der Waals surface area contributed by atoms with E-state index in [0.717, 1.165) is 29.8 Å². The summed E-state index contributed by atoms with van der Waals surface area (Å²) in [6.07, 6.45) is 2.29. The first-order valence-electron chi connectivity index (χ1n) is 10.6. The molecule has 0 bridgehead atoms. The minimum absolute atomic E-state index is 0.0554. The van der Waals surface area contributed by atoms with Crippen molar-refractivity contribution in [3.05, 3.63) is 35.5 Å². The molecule has 0 unspecified atom stereocenters. The highest BCUT2D eigenvalue weighted by Crippen LogP contribution is 2.38. The fourth-order valence-electron chi connectivity index (χ4n) is 4.66. The summed E-state index contributed by atoms with van der Waals surface area (Å²) in [6.45, 7) is 3.55. The minimum Gasteiger partial charge on any atom is -0.486 e. The molecule has 2 aromatic rings. The second-order valence-corrected chi connectivity index (χ2v) is 10.6. The van der Waals surface area contributed by atoms with Crippen molar-refractivity contribution in [3.8, 4) is 11.5 Å². The van der Waals surface area contributed by atoms with Gasteiger partial charge in [-0.05, 0) is 43.9 Å². The topological polar surface area (TPSA) is 103 Å². The number of anilines is 1. The zero-order chi connectivity index (χ0) is 21.6. The van der Waals surface area contributed by atoms with Gasteiger partial charge in [-0.1, -0.05) is 6.07 Å². The molecule has 4 heterocycles. The summed E-state index contributed by atoms with van der Waals surface area (Å²) in [5, 5.41) is 7.43. The highest BCUT2D eigenvalue weighted by molar-refractivity contribution is 7.91. The smallest absolute Gasteiger partial charge is 0.323 e. The minimum atomic E-state index is -3.05. The zero-order valence-corrected chi connectivity index (χ0v) is 18.2. The number of carbonyl (C=O) groups is 1. The van der Waals surface area contributed by atoms with E-state index in [2.05, 4.69) is 10.4 Å². The zero-order valence-electron chi connectivity index (χ0n) is 17.4. The number of benzene rings is 1. The first-order valence-corrected chi connectivity index (χ1v) is 12.5. The molecule has 0 radical (unpaired) electrons. The summed E-state index contributed by atoms with van der Waals surface area (Å²) < 4.78 is 36.8. The largest absolute Gasteiger partial charge is 0.486 e. The van der Waals surface area contributed by atoms with Crippen LogP contribution in [-0.2, 0) is 9.84 Å². The van der Waals surface area contributed by atoms with Crippen molar-refractivity contribution in [2.75, 3.05) is 36.6 Å². The number of likely N-dealkylation sites (tertiary alicyclic amines) is 1. The van der Waals surface area contributed by atoms with Crippen molar-refractivity contribution < 1.29 is 22.7 Å². The van der Waals surface area contributed by atoms with Gasteiger partial charge in [-0.2, -0.15) is 5.10 Å². The van der Waals surface area contributed by atoms with Crippen molar-refractivity contribution in [1.29, 1.82) is 0 Å². The van der Waals surface area contributed by atoms with E-state index in [1.807, 2.05) is 30.0 Å². The monoisotopic (exact) mass is 446 g/mol. The quantitative estimate of drug-likeness (QED) is 0.778. The average molecular weight is 447 g/mol. The van der Waals surface area contributed by atoms with Crippen LogP contribution in [0.15, 0.2) is 24.3 Å². The number of carbonyl (C=O) groups excluding carboxylic acids is 1. The number of fused-ring (bicyclic) bond motifs is 1. The van der Waals surface area contributed by atoms with Gasteiger partial charge in [0.15, 0.2) is 21.3 Å².